The molecule has 0 aliphatic rings. The zero-order chi connectivity index (χ0) is 10.8. The second kappa shape index (κ2) is 3.71. The van der Waals surface area contributed by atoms with Crippen LogP contribution >= 0.6 is 0 Å². The number of anilines is 1. The molecule has 1 aromatic heterocycles. The van der Waals surface area contributed by atoms with Gasteiger partial charge in [-0.15, -0.1) is 6.42 Å². The lowest BCUT2D eigenvalue weighted by atomic mass is 10.1. The molecule has 0 aliphatic carbocycles. The fraction of sp³-hybridized carbons (Fsp3) is 0.417. The van der Waals surface area contributed by atoms with E-state index in [1.165, 1.54) is 0 Å². The van der Waals surface area contributed by atoms with Crippen molar-refractivity contribution < 1.29 is 0 Å². The molecule has 0 unspecified atom stereocenters. The summed E-state index contributed by atoms with van der Waals surface area (Å²) in [6.45, 7) is 7.95. The fourth-order valence-corrected chi connectivity index (χ4v) is 1.18. The number of terminal acetylenes is 1. The summed E-state index contributed by atoms with van der Waals surface area (Å²) in [6, 6.07) is 2.09. The molecule has 0 saturated heterocycles. The van der Waals surface area contributed by atoms with Crippen molar-refractivity contribution in [3.63, 3.8) is 0 Å². The van der Waals surface area contributed by atoms with Crippen LogP contribution in [0.15, 0.2) is 12.3 Å². The minimum absolute atomic E-state index is 0.354. The molecular weight excluding hydrogens is 172 g/mol. The number of aryl methyl sites for hydroxylation is 2. The van der Waals surface area contributed by atoms with Crippen molar-refractivity contribution in [3.8, 4) is 12.3 Å². The Bertz CT molecular complexity index is 372. The molecule has 74 valence electrons. The van der Waals surface area contributed by atoms with Gasteiger partial charge < -0.3 is 5.32 Å². The van der Waals surface area contributed by atoms with Crippen molar-refractivity contribution in [2.75, 3.05) is 5.32 Å². The number of hydrogen-bond acceptors (Lipinski definition) is 2. The van der Waals surface area contributed by atoms with E-state index in [2.05, 4.69) is 22.3 Å². The van der Waals surface area contributed by atoms with Gasteiger partial charge in [0, 0.05) is 6.20 Å². The largest absolute Gasteiger partial charge is 0.354 e. The van der Waals surface area contributed by atoms with Gasteiger partial charge in [0.15, 0.2) is 0 Å². The first-order valence-corrected chi connectivity index (χ1v) is 4.64. The Kier molecular flexibility index (Phi) is 2.81. The number of nitrogens with one attached hydrogen (secondary N) is 1. The number of pyridine rings is 1. The van der Waals surface area contributed by atoms with E-state index < -0.39 is 0 Å². The first kappa shape index (κ1) is 10.6. The molecule has 1 N–H and O–H groups in total. The zero-order valence-electron chi connectivity index (χ0n) is 9.18. The molecule has 1 rings (SSSR count). The Hall–Kier alpha value is -1.49. The zero-order valence-corrected chi connectivity index (χ0v) is 9.18. The maximum Gasteiger partial charge on any atom is 0.130 e. The average Bonchev–Trinajstić information content (AvgIpc) is 2.10. The molecule has 0 fully saturated rings. The molecule has 0 saturated carbocycles. The van der Waals surface area contributed by atoms with E-state index in [1.807, 2.05) is 33.9 Å². The third-order valence-corrected chi connectivity index (χ3v) is 2.01. The summed E-state index contributed by atoms with van der Waals surface area (Å²) >= 11 is 0. The lowest BCUT2D eigenvalue weighted by molar-refractivity contribution is 0.734. The quantitative estimate of drug-likeness (QED) is 0.721. The van der Waals surface area contributed by atoms with Crippen LogP contribution in [-0.2, 0) is 0 Å². The van der Waals surface area contributed by atoms with Crippen LogP contribution in [0.25, 0.3) is 0 Å². The summed E-state index contributed by atoms with van der Waals surface area (Å²) in [6.07, 6.45) is 7.23. The van der Waals surface area contributed by atoms with Crippen molar-refractivity contribution in [2.24, 2.45) is 0 Å². The number of hydrogen-bond donors (Lipinski definition) is 1. The van der Waals surface area contributed by atoms with Gasteiger partial charge in [0.05, 0.1) is 5.54 Å². The molecule has 1 aromatic rings. The van der Waals surface area contributed by atoms with Gasteiger partial charge in [0.25, 0.3) is 0 Å². The van der Waals surface area contributed by atoms with E-state index in [9.17, 15) is 0 Å². The van der Waals surface area contributed by atoms with Crippen LogP contribution in [0.3, 0.4) is 0 Å². The van der Waals surface area contributed by atoms with Crippen LogP contribution in [0.5, 0.6) is 0 Å². The molecule has 0 bridgehead atoms. The molecular formula is C12H16N2. The summed E-state index contributed by atoms with van der Waals surface area (Å²) in [4.78, 5) is 4.30. The van der Waals surface area contributed by atoms with Gasteiger partial charge in [-0.05, 0) is 38.8 Å². The summed E-state index contributed by atoms with van der Waals surface area (Å²) in [5.41, 5.74) is 1.92. The highest BCUT2D eigenvalue weighted by molar-refractivity contribution is 5.48. The van der Waals surface area contributed by atoms with Gasteiger partial charge in [-0.25, -0.2) is 4.98 Å². The SMILES string of the molecule is C#CC(C)(C)Nc1ncc(C)cc1C. The second-order valence-electron chi connectivity index (χ2n) is 4.07. The monoisotopic (exact) mass is 188 g/mol. The van der Waals surface area contributed by atoms with E-state index in [-0.39, 0.29) is 5.54 Å². The Morgan fingerprint density at radius 1 is 1.43 bits per heavy atom. The van der Waals surface area contributed by atoms with Crippen molar-refractivity contribution in [1.82, 2.24) is 4.98 Å². The molecule has 0 atom stereocenters. The van der Waals surface area contributed by atoms with E-state index in [0.29, 0.717) is 0 Å². The highest BCUT2D eigenvalue weighted by atomic mass is 15.0. The predicted molar refractivity (Wildman–Crippen MR) is 60.2 cm³/mol. The van der Waals surface area contributed by atoms with E-state index >= 15 is 0 Å². The summed E-state index contributed by atoms with van der Waals surface area (Å²) < 4.78 is 0. The van der Waals surface area contributed by atoms with E-state index in [1.54, 1.807) is 0 Å². The molecule has 0 amide bonds. The minimum atomic E-state index is -0.354. The standard InChI is InChI=1S/C12H16N2/c1-6-12(4,5)14-11-10(3)7-9(2)8-13-11/h1,7-8H,2-5H3,(H,13,14). The number of aromatic nitrogens is 1. The van der Waals surface area contributed by atoms with Gasteiger partial charge in [-0.1, -0.05) is 12.0 Å². The molecule has 0 aromatic carbocycles. The van der Waals surface area contributed by atoms with Crippen LogP contribution in [0.4, 0.5) is 5.82 Å². The lowest BCUT2D eigenvalue weighted by Crippen LogP contribution is -2.29. The smallest absolute Gasteiger partial charge is 0.130 e. The Labute approximate surface area is 85.8 Å². The van der Waals surface area contributed by atoms with E-state index in [4.69, 9.17) is 6.42 Å². The van der Waals surface area contributed by atoms with Crippen molar-refractivity contribution in [3.05, 3.63) is 23.4 Å². The van der Waals surface area contributed by atoms with Crippen LogP contribution in [0, 0.1) is 26.2 Å². The van der Waals surface area contributed by atoms with Crippen LogP contribution < -0.4 is 5.32 Å². The normalized spacial score (nSPS) is 10.8. The maximum absolute atomic E-state index is 5.39. The van der Waals surface area contributed by atoms with Gasteiger partial charge in [0.1, 0.15) is 5.82 Å². The number of nitrogens with zero attached hydrogens (tertiary/aromatic N) is 1. The number of rotatable bonds is 2. The van der Waals surface area contributed by atoms with Gasteiger partial charge in [-0.3, -0.25) is 0 Å². The highest BCUT2D eigenvalue weighted by Crippen LogP contribution is 2.16. The van der Waals surface area contributed by atoms with Crippen molar-refractivity contribution in [2.45, 2.75) is 33.2 Å². The first-order chi connectivity index (χ1) is 6.44. The van der Waals surface area contributed by atoms with Crippen LogP contribution in [0.2, 0.25) is 0 Å². The Balaban J connectivity index is 2.94. The molecule has 2 heteroatoms. The summed E-state index contributed by atoms with van der Waals surface area (Å²) in [7, 11) is 0. The highest BCUT2D eigenvalue weighted by Gasteiger charge is 2.14. The summed E-state index contributed by atoms with van der Waals surface area (Å²) in [5, 5.41) is 3.22. The molecule has 0 aliphatic heterocycles. The molecule has 1 heterocycles. The second-order valence-corrected chi connectivity index (χ2v) is 4.07. The third-order valence-electron chi connectivity index (χ3n) is 2.01. The molecule has 2 nitrogen and oxygen atoms in total. The summed E-state index contributed by atoms with van der Waals surface area (Å²) in [5.74, 6) is 3.54. The fourth-order valence-electron chi connectivity index (χ4n) is 1.18. The average molecular weight is 188 g/mol. The van der Waals surface area contributed by atoms with Crippen LogP contribution in [0.1, 0.15) is 25.0 Å². The maximum atomic E-state index is 5.39. The minimum Gasteiger partial charge on any atom is -0.354 e. The molecule has 0 radical (unpaired) electrons. The Morgan fingerprint density at radius 2 is 2.07 bits per heavy atom. The first-order valence-electron chi connectivity index (χ1n) is 4.64. The molecule has 14 heavy (non-hydrogen) atoms. The van der Waals surface area contributed by atoms with Gasteiger partial charge in [0.2, 0.25) is 0 Å². The van der Waals surface area contributed by atoms with Crippen molar-refractivity contribution in [1.29, 1.82) is 0 Å². The van der Waals surface area contributed by atoms with Gasteiger partial charge in [-0.2, -0.15) is 0 Å². The third kappa shape index (κ3) is 2.50. The predicted octanol–water partition coefficient (Wildman–Crippen LogP) is 2.52. The van der Waals surface area contributed by atoms with Gasteiger partial charge >= 0.3 is 0 Å². The Morgan fingerprint density at radius 3 is 2.57 bits per heavy atom. The molecule has 0 spiro atoms. The van der Waals surface area contributed by atoms with Crippen molar-refractivity contribution >= 4 is 5.82 Å². The topological polar surface area (TPSA) is 24.9 Å². The van der Waals surface area contributed by atoms with Crippen LogP contribution in [-0.4, -0.2) is 10.5 Å². The van der Waals surface area contributed by atoms with E-state index in [0.717, 1.165) is 16.9 Å². The lowest BCUT2D eigenvalue weighted by Gasteiger charge is -2.21.